The van der Waals surface area contributed by atoms with Gasteiger partial charge in [0.2, 0.25) is 0 Å². The van der Waals surface area contributed by atoms with Crippen LogP contribution < -0.4 is 11.1 Å². The van der Waals surface area contributed by atoms with Crippen molar-refractivity contribution in [2.45, 2.75) is 18.9 Å². The fourth-order valence-corrected chi connectivity index (χ4v) is 1.32. The molecule has 3 N–H and O–H groups in total. The van der Waals surface area contributed by atoms with Gasteiger partial charge < -0.3 is 11.1 Å². The van der Waals surface area contributed by atoms with E-state index < -0.39 is 0 Å². The van der Waals surface area contributed by atoms with Crippen LogP contribution in [0.1, 0.15) is 12.5 Å². The second-order valence-corrected chi connectivity index (χ2v) is 3.78. The first-order chi connectivity index (χ1) is 6.61. The molecule has 0 saturated carbocycles. The highest BCUT2D eigenvalue weighted by Crippen LogP contribution is 2.14. The summed E-state index contributed by atoms with van der Waals surface area (Å²) >= 11 is 0. The van der Waals surface area contributed by atoms with Crippen LogP contribution in [0.2, 0.25) is 0 Å². The topological polar surface area (TPSA) is 38.0 Å². The Kier molecular flexibility index (Phi) is 3.61. The summed E-state index contributed by atoms with van der Waals surface area (Å²) in [5.74, 6) is -0.164. The molecule has 1 atom stereocenters. The standard InChI is InChI=1S/C11H17FN2/c1-11(8-13,14-2)7-9-5-3-4-6-10(9)12/h3-6,14H,7-8,13H2,1-2H3. The third-order valence-electron chi connectivity index (χ3n) is 2.59. The fraction of sp³-hybridized carbons (Fsp3) is 0.455. The molecule has 2 nitrogen and oxygen atoms in total. The summed E-state index contributed by atoms with van der Waals surface area (Å²) in [6.07, 6.45) is 0.604. The molecule has 0 aliphatic heterocycles. The van der Waals surface area contributed by atoms with Gasteiger partial charge in [-0.15, -0.1) is 0 Å². The van der Waals surface area contributed by atoms with Gasteiger partial charge in [0.25, 0.3) is 0 Å². The van der Waals surface area contributed by atoms with E-state index in [0.717, 1.165) is 0 Å². The van der Waals surface area contributed by atoms with Crippen LogP contribution in [-0.4, -0.2) is 19.1 Å². The monoisotopic (exact) mass is 196 g/mol. The van der Waals surface area contributed by atoms with Crippen LogP contribution in [0.4, 0.5) is 4.39 Å². The molecule has 1 aromatic carbocycles. The molecule has 1 unspecified atom stereocenters. The Bertz CT molecular complexity index is 295. The molecule has 0 aliphatic rings. The predicted molar refractivity (Wildman–Crippen MR) is 56.6 cm³/mol. The Hall–Kier alpha value is -0.930. The first-order valence-corrected chi connectivity index (χ1v) is 4.74. The van der Waals surface area contributed by atoms with Crippen LogP contribution in [0, 0.1) is 5.82 Å². The molecule has 0 amide bonds. The fourth-order valence-electron chi connectivity index (χ4n) is 1.32. The van der Waals surface area contributed by atoms with Gasteiger partial charge in [-0.1, -0.05) is 18.2 Å². The molecule has 1 aromatic rings. The van der Waals surface area contributed by atoms with Gasteiger partial charge in [-0.25, -0.2) is 4.39 Å². The maximum absolute atomic E-state index is 13.3. The van der Waals surface area contributed by atoms with E-state index in [1.54, 1.807) is 12.1 Å². The summed E-state index contributed by atoms with van der Waals surface area (Å²) in [6.45, 7) is 2.47. The first-order valence-electron chi connectivity index (χ1n) is 4.74. The summed E-state index contributed by atoms with van der Waals surface area (Å²) in [7, 11) is 1.84. The second-order valence-electron chi connectivity index (χ2n) is 3.78. The maximum atomic E-state index is 13.3. The van der Waals surface area contributed by atoms with Crippen molar-refractivity contribution in [3.63, 3.8) is 0 Å². The zero-order valence-electron chi connectivity index (χ0n) is 8.68. The van der Waals surface area contributed by atoms with Crippen LogP contribution in [0.3, 0.4) is 0 Å². The highest BCUT2D eigenvalue weighted by Gasteiger charge is 2.21. The van der Waals surface area contributed by atoms with Crippen molar-refractivity contribution in [1.29, 1.82) is 0 Å². The van der Waals surface area contributed by atoms with E-state index in [0.29, 0.717) is 18.5 Å². The number of benzene rings is 1. The minimum Gasteiger partial charge on any atom is -0.329 e. The molecule has 0 aromatic heterocycles. The summed E-state index contributed by atoms with van der Waals surface area (Å²) in [4.78, 5) is 0. The first kappa shape index (κ1) is 11.1. The van der Waals surface area contributed by atoms with Gasteiger partial charge >= 0.3 is 0 Å². The van der Waals surface area contributed by atoms with Crippen molar-refractivity contribution in [3.05, 3.63) is 35.6 Å². The summed E-state index contributed by atoms with van der Waals surface area (Å²) in [6, 6.07) is 6.80. The third-order valence-corrected chi connectivity index (χ3v) is 2.59. The summed E-state index contributed by atoms with van der Waals surface area (Å²) in [5.41, 5.74) is 6.10. The van der Waals surface area contributed by atoms with Crippen LogP contribution in [0.5, 0.6) is 0 Å². The zero-order chi connectivity index (χ0) is 10.6. The Labute approximate surface area is 84.3 Å². The number of hydrogen-bond acceptors (Lipinski definition) is 2. The largest absolute Gasteiger partial charge is 0.329 e. The van der Waals surface area contributed by atoms with Crippen LogP contribution >= 0.6 is 0 Å². The highest BCUT2D eigenvalue weighted by molar-refractivity contribution is 5.20. The molecule has 0 spiro atoms. The van der Waals surface area contributed by atoms with Crippen molar-refractivity contribution in [2.75, 3.05) is 13.6 Å². The zero-order valence-corrected chi connectivity index (χ0v) is 8.68. The molecule has 3 heteroatoms. The van der Waals surface area contributed by atoms with E-state index in [1.165, 1.54) is 6.07 Å². The molecule has 0 saturated heterocycles. The van der Waals surface area contributed by atoms with Crippen LogP contribution in [0.15, 0.2) is 24.3 Å². The summed E-state index contributed by atoms with van der Waals surface area (Å²) < 4.78 is 13.3. The SMILES string of the molecule is CNC(C)(CN)Cc1ccccc1F. The number of nitrogens with one attached hydrogen (secondary N) is 1. The second kappa shape index (κ2) is 4.53. The minimum atomic E-state index is -0.234. The van der Waals surface area contributed by atoms with Crippen LogP contribution in [0.25, 0.3) is 0 Å². The average Bonchev–Trinajstić information content (AvgIpc) is 2.21. The third kappa shape index (κ3) is 2.53. The quantitative estimate of drug-likeness (QED) is 0.762. The molecule has 78 valence electrons. The van der Waals surface area contributed by atoms with Gasteiger partial charge in [-0.05, 0) is 32.0 Å². The molecular weight excluding hydrogens is 179 g/mol. The number of rotatable bonds is 4. The maximum Gasteiger partial charge on any atom is 0.126 e. The Balaban J connectivity index is 2.82. The van der Waals surface area contributed by atoms with E-state index in [4.69, 9.17) is 5.73 Å². The lowest BCUT2D eigenvalue weighted by atomic mass is 9.93. The van der Waals surface area contributed by atoms with Gasteiger partial charge in [0.05, 0.1) is 0 Å². The van der Waals surface area contributed by atoms with E-state index in [1.807, 2.05) is 20.0 Å². The van der Waals surface area contributed by atoms with Crippen molar-refractivity contribution in [1.82, 2.24) is 5.32 Å². The van der Waals surface area contributed by atoms with Gasteiger partial charge in [-0.2, -0.15) is 0 Å². The lowest BCUT2D eigenvalue weighted by Gasteiger charge is -2.27. The molecule has 0 radical (unpaired) electrons. The van der Waals surface area contributed by atoms with E-state index >= 15 is 0 Å². The molecule has 1 rings (SSSR count). The number of hydrogen-bond donors (Lipinski definition) is 2. The van der Waals surface area contributed by atoms with Crippen LogP contribution in [-0.2, 0) is 6.42 Å². The lowest BCUT2D eigenvalue weighted by Crippen LogP contribution is -2.48. The lowest BCUT2D eigenvalue weighted by molar-refractivity contribution is 0.386. The van der Waals surface area contributed by atoms with E-state index in [2.05, 4.69) is 5.32 Å². The van der Waals surface area contributed by atoms with E-state index in [9.17, 15) is 4.39 Å². The van der Waals surface area contributed by atoms with Crippen molar-refractivity contribution < 1.29 is 4.39 Å². The molecule has 0 fully saturated rings. The Morgan fingerprint density at radius 2 is 2.07 bits per heavy atom. The Morgan fingerprint density at radius 1 is 1.43 bits per heavy atom. The van der Waals surface area contributed by atoms with Crippen molar-refractivity contribution in [2.24, 2.45) is 5.73 Å². The summed E-state index contributed by atoms with van der Waals surface area (Å²) in [5, 5.41) is 3.11. The molecule has 0 heterocycles. The van der Waals surface area contributed by atoms with Gasteiger partial charge in [0, 0.05) is 12.1 Å². The minimum absolute atomic E-state index is 0.164. The average molecular weight is 196 g/mol. The van der Waals surface area contributed by atoms with Gasteiger partial charge in [0.15, 0.2) is 0 Å². The van der Waals surface area contributed by atoms with Crippen molar-refractivity contribution >= 4 is 0 Å². The molecule has 0 aliphatic carbocycles. The number of halogens is 1. The normalized spacial score (nSPS) is 15.1. The number of nitrogens with two attached hydrogens (primary N) is 1. The smallest absolute Gasteiger partial charge is 0.126 e. The predicted octanol–water partition coefficient (Wildman–Crippen LogP) is 1.30. The molecule has 0 bridgehead atoms. The molecular formula is C11H17FN2. The Morgan fingerprint density at radius 3 is 2.57 bits per heavy atom. The molecule has 14 heavy (non-hydrogen) atoms. The van der Waals surface area contributed by atoms with E-state index in [-0.39, 0.29) is 11.4 Å². The van der Waals surface area contributed by atoms with Crippen molar-refractivity contribution in [3.8, 4) is 0 Å². The van der Waals surface area contributed by atoms with Gasteiger partial charge in [-0.3, -0.25) is 0 Å². The highest BCUT2D eigenvalue weighted by atomic mass is 19.1. The van der Waals surface area contributed by atoms with Gasteiger partial charge in [0.1, 0.15) is 5.82 Å². The number of likely N-dealkylation sites (N-methyl/N-ethyl adjacent to an activating group) is 1.